The number of fused-ring (bicyclic) bond motifs is 9. The zero-order valence-electron chi connectivity index (χ0n) is 37.8. The summed E-state index contributed by atoms with van der Waals surface area (Å²) in [6.45, 7) is 6.95. The summed E-state index contributed by atoms with van der Waals surface area (Å²) in [6.07, 6.45) is 5.51. The van der Waals surface area contributed by atoms with E-state index >= 15 is 0 Å². The summed E-state index contributed by atoms with van der Waals surface area (Å²) < 4.78 is 12.7. The van der Waals surface area contributed by atoms with Gasteiger partial charge in [0.2, 0.25) is 0 Å². The number of furan rings is 2. The second-order valence-corrected chi connectivity index (χ2v) is 18.9. The fourth-order valence-corrected chi connectivity index (χ4v) is 10.9. The minimum absolute atomic E-state index is 0.122. The van der Waals surface area contributed by atoms with E-state index in [1.165, 1.54) is 38.9 Å². The molecule has 0 aliphatic heterocycles. The van der Waals surface area contributed by atoms with Crippen LogP contribution in [0.25, 0.3) is 94.6 Å². The van der Waals surface area contributed by atoms with E-state index < -0.39 is 0 Å². The molecule has 9 aromatic carbocycles. The van der Waals surface area contributed by atoms with Crippen molar-refractivity contribution in [2.24, 2.45) is 0 Å². The van der Waals surface area contributed by atoms with Crippen LogP contribution in [0, 0.1) is 0 Å². The van der Waals surface area contributed by atoms with Gasteiger partial charge in [-0.05, 0) is 158 Å². The number of hydrogen-bond acceptors (Lipinski definition) is 3. The first-order valence-corrected chi connectivity index (χ1v) is 23.4. The summed E-state index contributed by atoms with van der Waals surface area (Å²) in [5, 5.41) is 3.40. The van der Waals surface area contributed by atoms with Gasteiger partial charge in [-0.25, -0.2) is 0 Å². The average molecular weight is 862 g/mol. The maximum atomic E-state index is 6.45. The fourth-order valence-electron chi connectivity index (χ4n) is 10.9. The second kappa shape index (κ2) is 15.2. The third-order valence-corrected chi connectivity index (χ3v) is 14.5. The topological polar surface area (TPSA) is 29.5 Å². The van der Waals surface area contributed by atoms with E-state index in [0.717, 1.165) is 95.5 Å². The summed E-state index contributed by atoms with van der Waals surface area (Å²) in [5.41, 5.74) is 21.8. The van der Waals surface area contributed by atoms with Crippen molar-refractivity contribution in [3.05, 3.63) is 229 Å². The number of rotatable bonds is 7. The Bertz CT molecular complexity index is 3750. The third-order valence-electron chi connectivity index (χ3n) is 14.5. The molecule has 1 unspecified atom stereocenters. The smallest absolute Gasteiger partial charge is 0.135 e. The first kappa shape index (κ1) is 39.2. The molecule has 13 rings (SSSR count). The number of para-hydroxylation sites is 1. The van der Waals surface area contributed by atoms with Crippen LogP contribution >= 0.6 is 0 Å². The maximum Gasteiger partial charge on any atom is 0.135 e. The Morgan fingerprint density at radius 3 is 1.69 bits per heavy atom. The lowest BCUT2D eigenvalue weighted by Crippen LogP contribution is -2.16. The molecular formula is C64H47NO2. The predicted molar refractivity (Wildman–Crippen MR) is 280 cm³/mol. The van der Waals surface area contributed by atoms with Crippen molar-refractivity contribution in [2.45, 2.75) is 38.5 Å². The van der Waals surface area contributed by atoms with Crippen molar-refractivity contribution < 1.29 is 8.83 Å². The predicted octanol–water partition coefficient (Wildman–Crippen LogP) is 18.3. The Balaban J connectivity index is 0.940. The van der Waals surface area contributed by atoms with Gasteiger partial charge in [-0.3, -0.25) is 0 Å². The van der Waals surface area contributed by atoms with Gasteiger partial charge in [-0.15, -0.1) is 0 Å². The lowest BCUT2D eigenvalue weighted by atomic mass is 9.82. The number of nitrogens with zero attached hydrogens (tertiary/aromatic N) is 1. The molecule has 0 radical (unpaired) electrons. The molecule has 3 nitrogen and oxygen atoms in total. The van der Waals surface area contributed by atoms with Crippen LogP contribution in [-0.4, -0.2) is 0 Å². The van der Waals surface area contributed by atoms with Crippen LogP contribution in [0.2, 0.25) is 0 Å². The number of hydrogen-bond donors (Lipinski definition) is 0. The van der Waals surface area contributed by atoms with Gasteiger partial charge in [0.05, 0.1) is 0 Å². The minimum atomic E-state index is -0.122. The van der Waals surface area contributed by atoms with E-state index in [2.05, 4.69) is 226 Å². The highest BCUT2D eigenvalue weighted by atomic mass is 16.3. The molecule has 320 valence electrons. The molecule has 3 heteroatoms. The zero-order chi connectivity index (χ0) is 44.8. The molecule has 0 fully saturated rings. The lowest BCUT2D eigenvalue weighted by Gasteiger charge is -2.28. The molecule has 0 saturated heterocycles. The SMILES string of the molecule is CC1CC=Cc2c1oc1ccc(-c3cc(-c4ccc(N(c5ccc(-c6ccccc6)cc5)c5ccc6c(c5)C(C)(C)c5ccccc5-6)cc4)cc(-c4ccc5oc6ccccc6c5c4)c3)cc21. The summed E-state index contributed by atoms with van der Waals surface area (Å²) in [7, 11) is 0. The number of anilines is 3. The van der Waals surface area contributed by atoms with Gasteiger partial charge in [0.1, 0.15) is 22.5 Å². The minimum Gasteiger partial charge on any atom is -0.460 e. The van der Waals surface area contributed by atoms with E-state index in [-0.39, 0.29) is 5.41 Å². The molecule has 1 atom stereocenters. The summed E-state index contributed by atoms with van der Waals surface area (Å²) in [6, 6.07) is 73.2. The molecule has 0 saturated carbocycles. The van der Waals surface area contributed by atoms with Crippen molar-refractivity contribution in [3.63, 3.8) is 0 Å². The van der Waals surface area contributed by atoms with Gasteiger partial charge in [0.15, 0.2) is 0 Å². The molecule has 67 heavy (non-hydrogen) atoms. The molecule has 2 aromatic heterocycles. The average Bonchev–Trinajstić information content (AvgIpc) is 4.02. The molecule has 11 aromatic rings. The highest BCUT2D eigenvalue weighted by Gasteiger charge is 2.36. The van der Waals surface area contributed by atoms with Crippen LogP contribution in [-0.2, 0) is 5.41 Å². The third kappa shape index (κ3) is 6.48. The van der Waals surface area contributed by atoms with Gasteiger partial charge in [-0.2, -0.15) is 0 Å². The molecule has 2 aliphatic rings. The standard InChI is InChI=1S/C64H47NO2/c1-40-12-11-17-55-57-38-45(25-33-62(57)67-63(40)55)48-35-46(34-47(36-48)44-24-32-61-56(37-44)54-16-8-10-19-60(54)66-61)43-22-28-50(29-23-43)65(49-26-20-42(21-27-49)41-13-5-4-6-14-41)51-30-31-53-52-15-7-9-18-58(52)64(2,3)59(53)39-51/h4-11,13-40H,12H2,1-3H3. The normalized spacial score (nSPS) is 14.6. The van der Waals surface area contributed by atoms with Crippen LogP contribution in [0.1, 0.15) is 55.6 Å². The zero-order valence-corrected chi connectivity index (χ0v) is 37.8. The second-order valence-electron chi connectivity index (χ2n) is 18.9. The number of benzene rings is 9. The Kier molecular flexibility index (Phi) is 8.92. The molecular weight excluding hydrogens is 815 g/mol. The van der Waals surface area contributed by atoms with Gasteiger partial charge >= 0.3 is 0 Å². The van der Waals surface area contributed by atoms with Crippen LogP contribution in [0.5, 0.6) is 0 Å². The number of allylic oxidation sites excluding steroid dienone is 1. The molecule has 2 heterocycles. The molecule has 0 bridgehead atoms. The van der Waals surface area contributed by atoms with Crippen LogP contribution < -0.4 is 4.90 Å². The van der Waals surface area contributed by atoms with Crippen molar-refractivity contribution in [2.75, 3.05) is 4.90 Å². The van der Waals surface area contributed by atoms with E-state index in [1.54, 1.807) is 0 Å². The summed E-state index contributed by atoms with van der Waals surface area (Å²) >= 11 is 0. The first-order valence-electron chi connectivity index (χ1n) is 23.4. The molecule has 0 amide bonds. The van der Waals surface area contributed by atoms with Crippen molar-refractivity contribution in [3.8, 4) is 55.6 Å². The van der Waals surface area contributed by atoms with E-state index in [1.807, 2.05) is 12.1 Å². The van der Waals surface area contributed by atoms with Crippen molar-refractivity contribution >= 4 is 56.0 Å². The fraction of sp³-hybridized carbons (Fsp3) is 0.0938. The van der Waals surface area contributed by atoms with Crippen molar-refractivity contribution in [1.82, 2.24) is 0 Å². The Labute approximate surface area is 390 Å². The molecule has 2 aliphatic carbocycles. The van der Waals surface area contributed by atoms with E-state index in [0.29, 0.717) is 5.92 Å². The first-order chi connectivity index (χ1) is 32.8. The summed E-state index contributed by atoms with van der Waals surface area (Å²) in [4.78, 5) is 2.40. The Morgan fingerprint density at radius 1 is 0.418 bits per heavy atom. The monoisotopic (exact) mass is 861 g/mol. The largest absolute Gasteiger partial charge is 0.460 e. The molecule has 0 N–H and O–H groups in total. The van der Waals surface area contributed by atoms with Gasteiger partial charge in [0, 0.05) is 50.1 Å². The van der Waals surface area contributed by atoms with E-state index in [4.69, 9.17) is 8.83 Å². The highest BCUT2D eigenvalue weighted by molar-refractivity contribution is 6.06. The summed E-state index contributed by atoms with van der Waals surface area (Å²) in [5.74, 6) is 1.44. The van der Waals surface area contributed by atoms with Crippen LogP contribution in [0.15, 0.2) is 215 Å². The van der Waals surface area contributed by atoms with Gasteiger partial charge < -0.3 is 13.7 Å². The van der Waals surface area contributed by atoms with Gasteiger partial charge in [-0.1, -0.05) is 148 Å². The van der Waals surface area contributed by atoms with Crippen molar-refractivity contribution in [1.29, 1.82) is 0 Å². The van der Waals surface area contributed by atoms with Crippen LogP contribution in [0.3, 0.4) is 0 Å². The highest BCUT2D eigenvalue weighted by Crippen LogP contribution is 2.51. The maximum absolute atomic E-state index is 6.45. The van der Waals surface area contributed by atoms with Crippen LogP contribution in [0.4, 0.5) is 17.1 Å². The quantitative estimate of drug-likeness (QED) is 0.160. The lowest BCUT2D eigenvalue weighted by molar-refractivity contribution is 0.504. The Hall–Kier alpha value is -8.14. The Morgan fingerprint density at radius 2 is 0.955 bits per heavy atom. The van der Waals surface area contributed by atoms with Gasteiger partial charge in [0.25, 0.3) is 0 Å². The van der Waals surface area contributed by atoms with E-state index in [9.17, 15) is 0 Å². The molecule has 0 spiro atoms.